The fraction of sp³-hybridized carbons (Fsp3) is 0.125. The Morgan fingerprint density at radius 2 is 2.00 bits per heavy atom. The normalized spacial score (nSPS) is 12.1. The Morgan fingerprint density at radius 3 is 2.62 bits per heavy atom. The predicted octanol–water partition coefficient (Wildman–Crippen LogP) is 4.70. The molecular formula is C16H13ClN2O4S. The van der Waals surface area contributed by atoms with Crippen molar-refractivity contribution in [3.05, 3.63) is 63.1 Å². The van der Waals surface area contributed by atoms with Gasteiger partial charge in [0.15, 0.2) is 5.70 Å². The van der Waals surface area contributed by atoms with E-state index < -0.39 is 23.2 Å². The van der Waals surface area contributed by atoms with Gasteiger partial charge in [-0.1, -0.05) is 29.8 Å². The maximum atomic E-state index is 12.5. The molecule has 0 radical (unpaired) electrons. The molecule has 0 unspecified atom stereocenters. The van der Waals surface area contributed by atoms with Crippen LogP contribution in [0.5, 0.6) is 0 Å². The molecule has 0 atom stereocenters. The second kappa shape index (κ2) is 8.37. The third kappa shape index (κ3) is 4.27. The Bertz CT molecular complexity index is 800. The molecule has 0 aliphatic rings. The molecule has 1 N–H and O–H groups in total. The molecule has 24 heavy (non-hydrogen) atoms. The second-order valence-electron chi connectivity index (χ2n) is 4.38. The first-order chi connectivity index (χ1) is 11.5. The van der Waals surface area contributed by atoms with Crippen LogP contribution in [0.3, 0.4) is 0 Å². The van der Waals surface area contributed by atoms with Crippen molar-refractivity contribution >= 4 is 40.4 Å². The van der Waals surface area contributed by atoms with Crippen LogP contribution in [0.15, 0.2) is 63.5 Å². The van der Waals surface area contributed by atoms with Crippen LogP contribution >= 0.6 is 22.9 Å². The smallest absolute Gasteiger partial charge is 0.375 e. The summed E-state index contributed by atoms with van der Waals surface area (Å²) in [5.41, 5.74) is -0.205. The number of rotatable bonds is 6. The van der Waals surface area contributed by atoms with E-state index in [9.17, 15) is 14.7 Å². The van der Waals surface area contributed by atoms with E-state index in [0.717, 1.165) is 11.3 Å². The summed E-state index contributed by atoms with van der Waals surface area (Å²) < 4.78 is 4.70. The van der Waals surface area contributed by atoms with Gasteiger partial charge < -0.3 is 9.84 Å². The highest BCUT2D eigenvalue weighted by atomic mass is 35.5. The van der Waals surface area contributed by atoms with Crippen LogP contribution in [0, 0.1) is 0 Å². The standard InChI is InChI=1S/C16H13ClN2O4S/c1-2-23-16(22)15(21)13(14(20)12-8-5-9-24-12)19-18-11-7-4-3-6-10(11)17/h3-9,21H,2H2,1H3. The Labute approximate surface area is 147 Å². The molecule has 8 heteroatoms. The lowest BCUT2D eigenvalue weighted by Gasteiger charge is -2.04. The molecule has 2 aromatic rings. The average Bonchev–Trinajstić information content (AvgIpc) is 3.11. The van der Waals surface area contributed by atoms with Crippen molar-refractivity contribution < 1.29 is 19.4 Å². The van der Waals surface area contributed by atoms with Gasteiger partial charge in [0.1, 0.15) is 5.69 Å². The summed E-state index contributed by atoms with van der Waals surface area (Å²) in [5, 5.41) is 19.6. The van der Waals surface area contributed by atoms with Gasteiger partial charge in [0.2, 0.25) is 11.5 Å². The number of hydrogen-bond donors (Lipinski definition) is 1. The van der Waals surface area contributed by atoms with Gasteiger partial charge in [0.25, 0.3) is 0 Å². The van der Waals surface area contributed by atoms with Crippen LogP contribution in [-0.2, 0) is 9.53 Å². The molecule has 1 aromatic carbocycles. The molecule has 124 valence electrons. The first-order valence-electron chi connectivity index (χ1n) is 6.89. The van der Waals surface area contributed by atoms with Gasteiger partial charge in [-0.25, -0.2) is 4.79 Å². The van der Waals surface area contributed by atoms with E-state index in [2.05, 4.69) is 10.2 Å². The molecule has 6 nitrogen and oxygen atoms in total. The van der Waals surface area contributed by atoms with Crippen LogP contribution in [-0.4, -0.2) is 23.5 Å². The van der Waals surface area contributed by atoms with Gasteiger partial charge in [0, 0.05) is 0 Å². The summed E-state index contributed by atoms with van der Waals surface area (Å²) >= 11 is 7.12. The summed E-state index contributed by atoms with van der Waals surface area (Å²) in [7, 11) is 0. The number of halogens is 1. The lowest BCUT2D eigenvalue weighted by atomic mass is 10.2. The quantitative estimate of drug-likeness (QED) is 0.264. The molecule has 0 saturated heterocycles. The van der Waals surface area contributed by atoms with E-state index in [1.165, 1.54) is 0 Å². The topological polar surface area (TPSA) is 88.3 Å². The fourth-order valence-electron chi connectivity index (χ4n) is 1.66. The van der Waals surface area contributed by atoms with E-state index in [1.807, 2.05) is 0 Å². The van der Waals surface area contributed by atoms with Gasteiger partial charge in [-0.3, -0.25) is 4.79 Å². The zero-order valence-corrected chi connectivity index (χ0v) is 14.2. The number of carbonyl (C=O) groups is 2. The van der Waals surface area contributed by atoms with Crippen LogP contribution < -0.4 is 0 Å². The van der Waals surface area contributed by atoms with Crippen LogP contribution in [0.1, 0.15) is 16.6 Å². The zero-order chi connectivity index (χ0) is 17.5. The number of ether oxygens (including phenoxy) is 1. The van der Waals surface area contributed by atoms with E-state index in [0.29, 0.717) is 15.6 Å². The number of azo groups is 1. The van der Waals surface area contributed by atoms with E-state index in [4.69, 9.17) is 16.3 Å². The number of nitrogens with zero attached hydrogens (tertiary/aromatic N) is 2. The van der Waals surface area contributed by atoms with Gasteiger partial charge in [0.05, 0.1) is 16.5 Å². The van der Waals surface area contributed by atoms with Crippen molar-refractivity contribution in [1.82, 2.24) is 0 Å². The summed E-state index contributed by atoms with van der Waals surface area (Å²) in [6.07, 6.45) is 0. The van der Waals surface area contributed by atoms with E-state index >= 15 is 0 Å². The molecule has 0 spiro atoms. The van der Waals surface area contributed by atoms with Crippen molar-refractivity contribution in [3.8, 4) is 0 Å². The Kier molecular flexibility index (Phi) is 6.22. The molecular weight excluding hydrogens is 352 g/mol. The highest BCUT2D eigenvalue weighted by molar-refractivity contribution is 7.12. The monoisotopic (exact) mass is 364 g/mol. The van der Waals surface area contributed by atoms with Gasteiger partial charge in [-0.05, 0) is 30.5 Å². The first-order valence-corrected chi connectivity index (χ1v) is 8.15. The number of aliphatic hydroxyl groups is 1. The number of carbonyl (C=O) groups excluding carboxylic acids is 2. The molecule has 0 bridgehead atoms. The lowest BCUT2D eigenvalue weighted by molar-refractivity contribution is -0.141. The second-order valence-corrected chi connectivity index (χ2v) is 5.73. The fourth-order valence-corrected chi connectivity index (χ4v) is 2.50. The van der Waals surface area contributed by atoms with E-state index in [1.54, 1.807) is 48.7 Å². The molecule has 0 aliphatic carbocycles. The molecule has 0 saturated carbocycles. The summed E-state index contributed by atoms with van der Waals surface area (Å²) in [4.78, 5) is 24.5. The number of ketones is 1. The highest BCUT2D eigenvalue weighted by Gasteiger charge is 2.24. The third-order valence-corrected chi connectivity index (χ3v) is 3.95. The van der Waals surface area contributed by atoms with Gasteiger partial charge >= 0.3 is 5.97 Å². The van der Waals surface area contributed by atoms with Crippen molar-refractivity contribution in [2.75, 3.05) is 6.61 Å². The van der Waals surface area contributed by atoms with Crippen LogP contribution in [0.2, 0.25) is 5.02 Å². The Hall–Kier alpha value is -2.51. The Balaban J connectivity index is 2.43. The minimum Gasteiger partial charge on any atom is -0.500 e. The highest BCUT2D eigenvalue weighted by Crippen LogP contribution is 2.26. The number of esters is 1. The summed E-state index contributed by atoms with van der Waals surface area (Å²) in [5.74, 6) is -2.58. The average molecular weight is 365 g/mol. The largest absolute Gasteiger partial charge is 0.500 e. The van der Waals surface area contributed by atoms with Gasteiger partial charge in [-0.2, -0.15) is 0 Å². The van der Waals surface area contributed by atoms with Crippen LogP contribution in [0.25, 0.3) is 0 Å². The number of hydrogen-bond acceptors (Lipinski definition) is 7. The van der Waals surface area contributed by atoms with Gasteiger partial charge in [-0.15, -0.1) is 21.6 Å². The number of thiophene rings is 1. The number of Topliss-reactive ketones (excluding diaryl/α,β-unsaturated/α-hetero) is 1. The molecule has 1 heterocycles. The number of aliphatic hydroxyl groups excluding tert-OH is 1. The number of benzene rings is 1. The first kappa shape index (κ1) is 17.8. The zero-order valence-electron chi connectivity index (χ0n) is 12.6. The predicted molar refractivity (Wildman–Crippen MR) is 90.9 cm³/mol. The minimum atomic E-state index is -1.05. The van der Waals surface area contributed by atoms with Crippen molar-refractivity contribution in [1.29, 1.82) is 0 Å². The Morgan fingerprint density at radius 1 is 1.25 bits per heavy atom. The van der Waals surface area contributed by atoms with E-state index in [-0.39, 0.29) is 6.61 Å². The maximum absolute atomic E-state index is 12.5. The molecule has 0 amide bonds. The lowest BCUT2D eigenvalue weighted by Crippen LogP contribution is -2.13. The molecule has 1 aromatic heterocycles. The van der Waals surface area contributed by atoms with Crippen LogP contribution in [0.4, 0.5) is 5.69 Å². The molecule has 0 fully saturated rings. The van der Waals surface area contributed by atoms with Crippen molar-refractivity contribution in [2.45, 2.75) is 6.92 Å². The molecule has 2 rings (SSSR count). The summed E-state index contributed by atoms with van der Waals surface area (Å²) in [6, 6.07) is 9.81. The molecule has 0 aliphatic heterocycles. The van der Waals surface area contributed by atoms with Crippen molar-refractivity contribution in [2.24, 2.45) is 10.2 Å². The number of allylic oxidation sites excluding steroid dienone is 1. The maximum Gasteiger partial charge on any atom is 0.375 e. The third-order valence-electron chi connectivity index (χ3n) is 2.76. The minimum absolute atomic E-state index is 0.0466. The SMILES string of the molecule is CCOC(=O)C(O)=C(N=Nc1ccccc1Cl)C(=O)c1cccs1. The summed E-state index contributed by atoms with van der Waals surface area (Å²) in [6.45, 7) is 1.63. The van der Waals surface area contributed by atoms with Crippen molar-refractivity contribution in [3.63, 3.8) is 0 Å².